The molecule has 0 aliphatic carbocycles. The molecule has 0 fully saturated rings. The number of nitrogens with one attached hydrogen (secondary N) is 1. The van der Waals surface area contributed by atoms with E-state index >= 15 is 0 Å². The van der Waals surface area contributed by atoms with Gasteiger partial charge in [-0.25, -0.2) is 4.98 Å². The van der Waals surface area contributed by atoms with Crippen molar-refractivity contribution in [1.29, 1.82) is 0 Å². The summed E-state index contributed by atoms with van der Waals surface area (Å²) in [6, 6.07) is 6.43. The maximum Gasteiger partial charge on any atom is 0.123 e. The fourth-order valence-electron chi connectivity index (χ4n) is 1.81. The van der Waals surface area contributed by atoms with Gasteiger partial charge in [0.25, 0.3) is 0 Å². The number of rotatable bonds is 4. The third-order valence-electron chi connectivity index (χ3n) is 2.85. The normalized spacial score (nSPS) is 11.4. The number of hydrogen-bond donors (Lipinski definition) is 1. The molecule has 4 nitrogen and oxygen atoms in total. The van der Waals surface area contributed by atoms with Crippen LogP contribution < -0.4 is 10.1 Å². The molecular weight excluding hydrogens is 214 g/mol. The summed E-state index contributed by atoms with van der Waals surface area (Å²) in [6.07, 6.45) is 0. The molecule has 0 bridgehead atoms. The Labute approximate surface area is 102 Å². The largest absolute Gasteiger partial charge is 0.497 e. The summed E-state index contributed by atoms with van der Waals surface area (Å²) < 4.78 is 7.32. The second-order valence-corrected chi connectivity index (χ2v) is 4.48. The average molecular weight is 233 g/mol. The number of nitrogens with zero attached hydrogens (tertiary/aromatic N) is 2. The van der Waals surface area contributed by atoms with Gasteiger partial charge < -0.3 is 14.6 Å². The van der Waals surface area contributed by atoms with Crippen molar-refractivity contribution in [2.75, 3.05) is 7.11 Å². The highest BCUT2D eigenvalue weighted by atomic mass is 16.5. The molecule has 17 heavy (non-hydrogen) atoms. The molecule has 0 saturated carbocycles. The zero-order valence-electron chi connectivity index (χ0n) is 10.8. The zero-order valence-corrected chi connectivity index (χ0v) is 10.8. The maximum atomic E-state index is 5.20. The van der Waals surface area contributed by atoms with Crippen molar-refractivity contribution in [3.8, 4) is 5.75 Å². The lowest BCUT2D eigenvalue weighted by Crippen LogP contribution is -2.23. The van der Waals surface area contributed by atoms with Gasteiger partial charge in [-0.3, -0.25) is 0 Å². The molecule has 0 amide bonds. The smallest absolute Gasteiger partial charge is 0.123 e. The number of imidazole rings is 1. The van der Waals surface area contributed by atoms with E-state index in [9.17, 15) is 0 Å². The van der Waals surface area contributed by atoms with Crippen molar-refractivity contribution in [1.82, 2.24) is 14.9 Å². The zero-order chi connectivity index (χ0) is 12.4. The molecule has 0 aliphatic rings. The van der Waals surface area contributed by atoms with E-state index in [-0.39, 0.29) is 0 Å². The van der Waals surface area contributed by atoms with Crippen LogP contribution in [0.4, 0.5) is 0 Å². The molecule has 1 aromatic carbocycles. The van der Waals surface area contributed by atoms with Crippen molar-refractivity contribution < 1.29 is 4.74 Å². The van der Waals surface area contributed by atoms with Crippen LogP contribution in [0.2, 0.25) is 0 Å². The van der Waals surface area contributed by atoms with Crippen molar-refractivity contribution in [2.45, 2.75) is 26.4 Å². The van der Waals surface area contributed by atoms with Gasteiger partial charge in [0.15, 0.2) is 0 Å². The molecule has 0 radical (unpaired) electrons. The third kappa shape index (κ3) is 2.42. The average Bonchev–Trinajstić information content (AvgIpc) is 2.63. The first kappa shape index (κ1) is 11.9. The van der Waals surface area contributed by atoms with Gasteiger partial charge in [0.05, 0.1) is 24.7 Å². The molecular formula is C13H19N3O. The Balaban J connectivity index is 2.34. The number of fused-ring (bicyclic) bond motifs is 1. The van der Waals surface area contributed by atoms with Crippen LogP contribution >= 0.6 is 0 Å². The van der Waals surface area contributed by atoms with E-state index in [1.807, 2.05) is 25.2 Å². The van der Waals surface area contributed by atoms with E-state index in [0.29, 0.717) is 6.04 Å². The first-order chi connectivity index (χ1) is 8.11. The Bertz CT molecular complexity index is 517. The predicted molar refractivity (Wildman–Crippen MR) is 69.2 cm³/mol. The molecule has 0 aliphatic heterocycles. The highest BCUT2D eigenvalue weighted by molar-refractivity contribution is 5.77. The van der Waals surface area contributed by atoms with Gasteiger partial charge in [-0.15, -0.1) is 0 Å². The van der Waals surface area contributed by atoms with Crippen LogP contribution in [-0.4, -0.2) is 22.7 Å². The second kappa shape index (κ2) is 4.75. The lowest BCUT2D eigenvalue weighted by Gasteiger charge is -2.07. The Kier molecular flexibility index (Phi) is 3.33. The van der Waals surface area contributed by atoms with Crippen LogP contribution in [0.15, 0.2) is 18.2 Å². The van der Waals surface area contributed by atoms with Crippen molar-refractivity contribution in [2.24, 2.45) is 7.05 Å². The van der Waals surface area contributed by atoms with Gasteiger partial charge in [0, 0.05) is 19.2 Å². The van der Waals surface area contributed by atoms with Gasteiger partial charge in [-0.2, -0.15) is 0 Å². The second-order valence-electron chi connectivity index (χ2n) is 4.48. The first-order valence-corrected chi connectivity index (χ1v) is 5.84. The van der Waals surface area contributed by atoms with E-state index in [0.717, 1.165) is 29.2 Å². The molecule has 1 N–H and O–H groups in total. The van der Waals surface area contributed by atoms with E-state index in [1.165, 1.54) is 0 Å². The van der Waals surface area contributed by atoms with Gasteiger partial charge in [-0.1, -0.05) is 13.8 Å². The molecule has 1 aromatic heterocycles. The summed E-state index contributed by atoms with van der Waals surface area (Å²) in [4.78, 5) is 4.61. The minimum Gasteiger partial charge on any atom is -0.497 e. The van der Waals surface area contributed by atoms with Crippen LogP contribution in [0.5, 0.6) is 5.75 Å². The minimum absolute atomic E-state index is 0.462. The van der Waals surface area contributed by atoms with Crippen LogP contribution in [0, 0.1) is 0 Å². The third-order valence-corrected chi connectivity index (χ3v) is 2.85. The van der Waals surface area contributed by atoms with E-state index < -0.39 is 0 Å². The Morgan fingerprint density at radius 1 is 1.41 bits per heavy atom. The van der Waals surface area contributed by atoms with Gasteiger partial charge >= 0.3 is 0 Å². The lowest BCUT2D eigenvalue weighted by molar-refractivity contribution is 0.415. The summed E-state index contributed by atoms with van der Waals surface area (Å²) in [5.74, 6) is 1.89. The molecule has 1 heterocycles. The number of aromatic nitrogens is 2. The lowest BCUT2D eigenvalue weighted by atomic mass is 10.3. The molecule has 0 atom stereocenters. The fraction of sp³-hybridized carbons (Fsp3) is 0.462. The van der Waals surface area contributed by atoms with E-state index in [4.69, 9.17) is 4.74 Å². The Morgan fingerprint density at radius 3 is 2.82 bits per heavy atom. The number of ether oxygens (including phenoxy) is 1. The quantitative estimate of drug-likeness (QED) is 0.878. The van der Waals surface area contributed by atoms with Crippen LogP contribution in [-0.2, 0) is 13.6 Å². The molecule has 2 rings (SSSR count). The number of hydrogen-bond acceptors (Lipinski definition) is 3. The van der Waals surface area contributed by atoms with Crippen molar-refractivity contribution in [3.05, 3.63) is 24.0 Å². The Morgan fingerprint density at radius 2 is 2.18 bits per heavy atom. The highest BCUT2D eigenvalue weighted by Gasteiger charge is 2.08. The van der Waals surface area contributed by atoms with Crippen LogP contribution in [0.1, 0.15) is 19.7 Å². The van der Waals surface area contributed by atoms with Gasteiger partial charge in [0.2, 0.25) is 0 Å². The van der Waals surface area contributed by atoms with Crippen molar-refractivity contribution in [3.63, 3.8) is 0 Å². The van der Waals surface area contributed by atoms with Gasteiger partial charge in [0.1, 0.15) is 11.6 Å². The van der Waals surface area contributed by atoms with Crippen LogP contribution in [0.25, 0.3) is 11.0 Å². The summed E-state index contributed by atoms with van der Waals surface area (Å²) in [5.41, 5.74) is 2.11. The van der Waals surface area contributed by atoms with E-state index in [1.54, 1.807) is 7.11 Å². The summed E-state index contributed by atoms with van der Waals surface area (Å²) in [6.45, 7) is 5.04. The molecule has 2 aromatic rings. The fourth-order valence-corrected chi connectivity index (χ4v) is 1.81. The minimum atomic E-state index is 0.462. The molecule has 4 heteroatoms. The first-order valence-electron chi connectivity index (χ1n) is 5.84. The Hall–Kier alpha value is -1.55. The predicted octanol–water partition coefficient (Wildman–Crippen LogP) is 2.08. The molecule has 0 unspecified atom stereocenters. The highest BCUT2D eigenvalue weighted by Crippen LogP contribution is 2.20. The van der Waals surface area contributed by atoms with E-state index in [2.05, 4.69) is 28.7 Å². The monoisotopic (exact) mass is 233 g/mol. The number of benzene rings is 1. The van der Waals surface area contributed by atoms with Crippen LogP contribution in [0.3, 0.4) is 0 Å². The standard InChI is InChI=1S/C13H19N3O/c1-9(2)14-8-13-15-11-7-10(17-4)5-6-12(11)16(13)3/h5-7,9,14H,8H2,1-4H3. The van der Waals surface area contributed by atoms with Crippen molar-refractivity contribution >= 4 is 11.0 Å². The topological polar surface area (TPSA) is 39.1 Å². The summed E-state index contributed by atoms with van der Waals surface area (Å²) in [7, 11) is 3.71. The maximum absolute atomic E-state index is 5.20. The number of methoxy groups -OCH3 is 1. The number of aryl methyl sites for hydroxylation is 1. The SMILES string of the molecule is COc1ccc2c(c1)nc(CNC(C)C)n2C. The molecule has 0 saturated heterocycles. The summed E-state index contributed by atoms with van der Waals surface area (Å²) >= 11 is 0. The molecule has 0 spiro atoms. The summed E-state index contributed by atoms with van der Waals surface area (Å²) in [5, 5.41) is 3.38. The van der Waals surface area contributed by atoms with Gasteiger partial charge in [-0.05, 0) is 12.1 Å². The molecule has 92 valence electrons.